The number of nitrogens with zero attached hydrogens (tertiary/aromatic N) is 3. The van der Waals surface area contributed by atoms with Crippen LogP contribution >= 0.6 is 34.3 Å². The average molecular weight is 469 g/mol. The van der Waals surface area contributed by atoms with Gasteiger partial charge in [0.1, 0.15) is 10.3 Å². The van der Waals surface area contributed by atoms with E-state index in [1.54, 1.807) is 18.5 Å². The topological polar surface area (TPSA) is 92.3 Å². The fourth-order valence-corrected chi connectivity index (χ4v) is 7.16. The van der Waals surface area contributed by atoms with Crippen LogP contribution in [-0.4, -0.2) is 41.2 Å². The first-order valence-corrected chi connectivity index (χ1v) is 12.4. The number of carbonyl (C=O) groups excluding carboxylic acids is 1. The first kappa shape index (κ1) is 20.4. The van der Waals surface area contributed by atoms with Crippen LogP contribution in [0.3, 0.4) is 0 Å². The molecule has 1 N–H and O–H groups in total. The molecule has 0 bridgehead atoms. The van der Waals surface area contributed by atoms with Crippen molar-refractivity contribution in [1.29, 1.82) is 0 Å². The van der Waals surface area contributed by atoms with Gasteiger partial charge in [-0.15, -0.1) is 22.7 Å². The quantitative estimate of drug-likeness (QED) is 0.608. The molecule has 29 heavy (non-hydrogen) atoms. The number of sulfonamides is 1. The molecule has 1 aliphatic heterocycles. The normalized spacial score (nSPS) is 17.9. The number of hydrogen-bond donors (Lipinski definition) is 1. The van der Waals surface area contributed by atoms with E-state index in [0.29, 0.717) is 34.5 Å². The molecular formula is C18H17ClN4O3S3. The molecule has 1 atom stereocenters. The van der Waals surface area contributed by atoms with Gasteiger partial charge in [0.2, 0.25) is 5.91 Å². The summed E-state index contributed by atoms with van der Waals surface area (Å²) in [7, 11) is -3.78. The van der Waals surface area contributed by atoms with Gasteiger partial charge in [-0.2, -0.15) is 4.31 Å². The molecule has 4 heterocycles. The molecule has 1 saturated heterocycles. The molecule has 11 heteroatoms. The highest BCUT2D eigenvalue weighted by Crippen LogP contribution is 2.32. The van der Waals surface area contributed by atoms with Crippen molar-refractivity contribution in [3.8, 4) is 11.3 Å². The maximum absolute atomic E-state index is 13.0. The van der Waals surface area contributed by atoms with E-state index >= 15 is 0 Å². The zero-order valence-corrected chi connectivity index (χ0v) is 18.3. The predicted molar refractivity (Wildman–Crippen MR) is 115 cm³/mol. The van der Waals surface area contributed by atoms with Crippen LogP contribution in [0.4, 0.5) is 5.13 Å². The van der Waals surface area contributed by atoms with Crippen molar-refractivity contribution in [3.63, 3.8) is 0 Å². The lowest BCUT2D eigenvalue weighted by molar-refractivity contribution is -0.120. The summed E-state index contributed by atoms with van der Waals surface area (Å²) in [5.41, 5.74) is 1.56. The van der Waals surface area contributed by atoms with E-state index in [1.807, 2.05) is 17.5 Å². The van der Waals surface area contributed by atoms with Gasteiger partial charge in [-0.05, 0) is 37.1 Å². The van der Waals surface area contributed by atoms with Crippen molar-refractivity contribution in [1.82, 2.24) is 14.3 Å². The number of pyridine rings is 1. The number of nitrogens with one attached hydrogen (secondary N) is 1. The standard InChI is InChI=1S/C18H17ClN4O3S3/c19-15-6-7-16(28-15)29(25,26)23-9-2-1-5-14(23)17(24)22-18-21-13(11-27-18)12-4-3-8-20-10-12/h3-4,6-8,10-11,14H,1-2,5,9H2,(H,21,22,24). The molecule has 0 saturated carbocycles. The highest BCUT2D eigenvalue weighted by atomic mass is 35.5. The van der Waals surface area contributed by atoms with E-state index in [1.165, 1.54) is 21.7 Å². The van der Waals surface area contributed by atoms with Gasteiger partial charge in [0.25, 0.3) is 10.0 Å². The number of piperidine rings is 1. The second-order valence-electron chi connectivity index (χ2n) is 6.45. The lowest BCUT2D eigenvalue weighted by Gasteiger charge is -2.32. The van der Waals surface area contributed by atoms with E-state index < -0.39 is 16.1 Å². The highest BCUT2D eigenvalue weighted by molar-refractivity contribution is 7.91. The fourth-order valence-electron chi connectivity index (χ4n) is 3.17. The van der Waals surface area contributed by atoms with Crippen LogP contribution in [0.25, 0.3) is 11.3 Å². The van der Waals surface area contributed by atoms with Crippen LogP contribution in [0.2, 0.25) is 4.34 Å². The zero-order chi connectivity index (χ0) is 20.4. The largest absolute Gasteiger partial charge is 0.301 e. The van der Waals surface area contributed by atoms with Crippen LogP contribution in [0.15, 0.2) is 46.2 Å². The minimum absolute atomic E-state index is 0.148. The van der Waals surface area contributed by atoms with Crippen molar-refractivity contribution >= 4 is 55.3 Å². The van der Waals surface area contributed by atoms with Gasteiger partial charge in [-0.25, -0.2) is 13.4 Å². The van der Waals surface area contributed by atoms with Gasteiger partial charge in [0.15, 0.2) is 5.13 Å². The number of halogens is 1. The first-order valence-electron chi connectivity index (χ1n) is 8.89. The number of anilines is 1. The molecular weight excluding hydrogens is 452 g/mol. The molecule has 7 nitrogen and oxygen atoms in total. The second kappa shape index (κ2) is 8.49. The Labute approximate surface area is 181 Å². The summed E-state index contributed by atoms with van der Waals surface area (Å²) in [5, 5.41) is 5.04. The molecule has 4 rings (SSSR count). The van der Waals surface area contributed by atoms with E-state index in [-0.39, 0.29) is 10.1 Å². The van der Waals surface area contributed by atoms with Crippen LogP contribution in [-0.2, 0) is 14.8 Å². The molecule has 1 amide bonds. The number of hydrogen-bond acceptors (Lipinski definition) is 7. The molecule has 0 spiro atoms. The lowest BCUT2D eigenvalue weighted by atomic mass is 10.0. The number of thiazole rings is 1. The summed E-state index contributed by atoms with van der Waals surface area (Å²) < 4.78 is 27.9. The average Bonchev–Trinajstić information content (AvgIpc) is 3.38. The summed E-state index contributed by atoms with van der Waals surface area (Å²) in [6.45, 7) is 0.300. The third-order valence-corrected chi connectivity index (χ3v) is 8.92. The molecule has 1 fully saturated rings. The minimum Gasteiger partial charge on any atom is -0.301 e. The van der Waals surface area contributed by atoms with Crippen molar-refractivity contribution in [2.45, 2.75) is 29.5 Å². The SMILES string of the molecule is O=C(Nc1nc(-c2cccnc2)cs1)C1CCCCN1S(=O)(=O)c1ccc(Cl)s1. The maximum atomic E-state index is 13.0. The van der Waals surface area contributed by atoms with Crippen LogP contribution in [0.1, 0.15) is 19.3 Å². The van der Waals surface area contributed by atoms with Gasteiger partial charge >= 0.3 is 0 Å². The van der Waals surface area contributed by atoms with Crippen molar-refractivity contribution in [3.05, 3.63) is 46.4 Å². The smallest absolute Gasteiger partial charge is 0.253 e. The van der Waals surface area contributed by atoms with E-state index in [9.17, 15) is 13.2 Å². The Morgan fingerprint density at radius 2 is 2.14 bits per heavy atom. The molecule has 152 valence electrons. The number of rotatable bonds is 5. The number of aromatic nitrogens is 2. The third-order valence-electron chi connectivity index (χ3n) is 4.56. The molecule has 0 aromatic carbocycles. The molecule has 3 aromatic heterocycles. The summed E-state index contributed by atoms with van der Waals surface area (Å²) in [5.74, 6) is -0.372. The van der Waals surface area contributed by atoms with Gasteiger partial charge in [-0.1, -0.05) is 18.0 Å². The van der Waals surface area contributed by atoms with Crippen molar-refractivity contribution in [2.75, 3.05) is 11.9 Å². The summed E-state index contributed by atoms with van der Waals surface area (Å²) >= 11 is 8.20. The van der Waals surface area contributed by atoms with Gasteiger partial charge in [-0.3, -0.25) is 9.78 Å². The van der Waals surface area contributed by atoms with E-state index in [2.05, 4.69) is 15.3 Å². The molecule has 1 unspecified atom stereocenters. The second-order valence-corrected chi connectivity index (χ2v) is 11.1. The number of amides is 1. The Hall–Kier alpha value is -1.85. The summed E-state index contributed by atoms with van der Waals surface area (Å²) in [4.78, 5) is 21.4. The van der Waals surface area contributed by atoms with Crippen molar-refractivity contribution in [2.24, 2.45) is 0 Å². The highest BCUT2D eigenvalue weighted by Gasteiger charge is 2.38. The Balaban J connectivity index is 1.53. The number of thiophene rings is 1. The summed E-state index contributed by atoms with van der Waals surface area (Å²) in [6, 6.07) is 5.95. The maximum Gasteiger partial charge on any atom is 0.253 e. The van der Waals surface area contributed by atoms with Crippen LogP contribution < -0.4 is 5.32 Å². The van der Waals surface area contributed by atoms with E-state index in [0.717, 1.165) is 23.3 Å². The minimum atomic E-state index is -3.78. The Morgan fingerprint density at radius 3 is 2.86 bits per heavy atom. The monoisotopic (exact) mass is 468 g/mol. The van der Waals surface area contributed by atoms with Crippen molar-refractivity contribution < 1.29 is 13.2 Å². The van der Waals surface area contributed by atoms with Gasteiger partial charge < -0.3 is 5.32 Å². The lowest BCUT2D eigenvalue weighted by Crippen LogP contribution is -2.49. The Morgan fingerprint density at radius 1 is 1.28 bits per heavy atom. The zero-order valence-electron chi connectivity index (χ0n) is 15.1. The first-order chi connectivity index (χ1) is 13.9. The molecule has 1 aliphatic rings. The fraction of sp³-hybridized carbons (Fsp3) is 0.278. The summed E-state index contributed by atoms with van der Waals surface area (Å²) in [6.07, 6.45) is 5.34. The Kier molecular flexibility index (Phi) is 5.98. The van der Waals surface area contributed by atoms with Gasteiger partial charge in [0, 0.05) is 29.9 Å². The van der Waals surface area contributed by atoms with Crippen LogP contribution in [0, 0.1) is 0 Å². The third kappa shape index (κ3) is 4.36. The number of carbonyl (C=O) groups is 1. The molecule has 3 aromatic rings. The van der Waals surface area contributed by atoms with Gasteiger partial charge in [0.05, 0.1) is 10.0 Å². The van der Waals surface area contributed by atoms with Crippen LogP contribution in [0.5, 0.6) is 0 Å². The predicted octanol–water partition coefficient (Wildman–Crippen LogP) is 4.10. The Bertz CT molecular complexity index is 1110. The molecule has 0 aliphatic carbocycles. The molecule has 0 radical (unpaired) electrons. The van der Waals surface area contributed by atoms with E-state index in [4.69, 9.17) is 11.6 Å².